The molecule has 0 aliphatic rings. The lowest BCUT2D eigenvalue weighted by Crippen LogP contribution is -2.30. The van der Waals surface area contributed by atoms with E-state index in [1.165, 1.54) is 18.2 Å². The van der Waals surface area contributed by atoms with Gasteiger partial charge in [0.05, 0.1) is 4.47 Å². The van der Waals surface area contributed by atoms with Gasteiger partial charge in [-0.1, -0.05) is 12.1 Å². The maximum absolute atomic E-state index is 13.2. The van der Waals surface area contributed by atoms with Gasteiger partial charge in [-0.3, -0.25) is 4.79 Å². The first-order valence-electron chi connectivity index (χ1n) is 5.93. The van der Waals surface area contributed by atoms with Crippen LogP contribution in [0.3, 0.4) is 0 Å². The number of H-pyrrole nitrogens is 1. The Bertz CT molecular complexity index is 604. The average molecular weight is 342 g/mol. The first-order chi connectivity index (χ1) is 9.49. The number of carbonyl (C=O) groups is 1. The first-order valence-corrected chi connectivity index (χ1v) is 6.72. The van der Waals surface area contributed by atoms with E-state index < -0.39 is 5.82 Å². The van der Waals surface area contributed by atoms with Gasteiger partial charge in [0.15, 0.2) is 5.82 Å². The van der Waals surface area contributed by atoms with Crippen LogP contribution in [0.2, 0.25) is 0 Å². The second-order valence-electron chi connectivity index (χ2n) is 4.49. The van der Waals surface area contributed by atoms with Crippen LogP contribution in [0.15, 0.2) is 22.7 Å². The fraction of sp³-hybridized carbons (Fsp3) is 0.333. The molecule has 1 amide bonds. The van der Waals surface area contributed by atoms with Gasteiger partial charge in [-0.05, 0) is 34.1 Å². The fourth-order valence-corrected chi connectivity index (χ4v) is 2.18. The predicted molar refractivity (Wildman–Crippen MR) is 73.7 cm³/mol. The second-order valence-corrected chi connectivity index (χ2v) is 5.34. The lowest BCUT2D eigenvalue weighted by molar-refractivity contribution is 0.0787. The van der Waals surface area contributed by atoms with Gasteiger partial charge in [-0.15, -0.1) is 10.2 Å². The number of nitrogens with zero attached hydrogens (tertiary/aromatic N) is 4. The van der Waals surface area contributed by atoms with E-state index in [2.05, 4.69) is 36.6 Å². The summed E-state index contributed by atoms with van der Waals surface area (Å²) in [6.07, 6.45) is 0. The highest BCUT2D eigenvalue weighted by Crippen LogP contribution is 2.18. The minimum Gasteiger partial charge on any atom is -0.341 e. The number of likely N-dealkylation sites (N-methyl/N-ethyl adjacent to an activating group) is 1. The van der Waals surface area contributed by atoms with Gasteiger partial charge < -0.3 is 4.90 Å². The first kappa shape index (κ1) is 14.6. The number of nitrogens with one attached hydrogen (secondary N) is 1. The summed E-state index contributed by atoms with van der Waals surface area (Å²) in [6, 6.07) is 4.18. The summed E-state index contributed by atoms with van der Waals surface area (Å²) in [7, 11) is 1.68. The van der Waals surface area contributed by atoms with Crippen LogP contribution in [0.5, 0.6) is 0 Å². The van der Waals surface area contributed by atoms with Crippen molar-refractivity contribution < 1.29 is 9.18 Å². The van der Waals surface area contributed by atoms with E-state index in [4.69, 9.17) is 0 Å². The number of amides is 1. The van der Waals surface area contributed by atoms with Crippen LogP contribution in [0.4, 0.5) is 4.39 Å². The lowest BCUT2D eigenvalue weighted by Gasteiger charge is -2.20. The monoisotopic (exact) mass is 341 g/mol. The molecule has 0 spiro atoms. The zero-order chi connectivity index (χ0) is 14.7. The highest BCUT2D eigenvalue weighted by atomic mass is 79.9. The molecule has 0 fully saturated rings. The Labute approximate surface area is 123 Å². The molecule has 2 rings (SSSR count). The molecule has 0 radical (unpaired) electrons. The van der Waals surface area contributed by atoms with Crippen LogP contribution in [0.25, 0.3) is 0 Å². The van der Waals surface area contributed by atoms with Crippen LogP contribution < -0.4 is 0 Å². The largest absolute Gasteiger partial charge is 0.341 e. The molecule has 0 aliphatic heterocycles. The van der Waals surface area contributed by atoms with Crippen molar-refractivity contribution in [2.75, 3.05) is 13.6 Å². The Kier molecular flexibility index (Phi) is 4.43. The van der Waals surface area contributed by atoms with Crippen molar-refractivity contribution in [3.63, 3.8) is 0 Å². The van der Waals surface area contributed by atoms with Gasteiger partial charge in [-0.2, -0.15) is 5.21 Å². The van der Waals surface area contributed by atoms with Gasteiger partial charge >= 0.3 is 0 Å². The van der Waals surface area contributed by atoms with Crippen LogP contribution in [-0.2, 0) is 0 Å². The zero-order valence-corrected chi connectivity index (χ0v) is 12.6. The summed E-state index contributed by atoms with van der Waals surface area (Å²) < 4.78 is 13.4. The van der Waals surface area contributed by atoms with Crippen LogP contribution in [0, 0.1) is 5.82 Å². The van der Waals surface area contributed by atoms with E-state index >= 15 is 0 Å². The van der Waals surface area contributed by atoms with E-state index in [0.717, 1.165) is 0 Å². The molecule has 2 aromatic rings. The SMILES string of the molecule is C[C@H](CN(C)C(=O)c1ccc(F)c(Br)c1)c1nn[nH]n1. The van der Waals surface area contributed by atoms with Crippen molar-refractivity contribution in [3.8, 4) is 0 Å². The van der Waals surface area contributed by atoms with E-state index in [1.54, 1.807) is 11.9 Å². The van der Waals surface area contributed by atoms with E-state index in [9.17, 15) is 9.18 Å². The molecule has 1 N–H and O–H groups in total. The molecular formula is C12H13BrFN5O. The molecule has 20 heavy (non-hydrogen) atoms. The maximum Gasteiger partial charge on any atom is 0.253 e. The van der Waals surface area contributed by atoms with Crippen LogP contribution >= 0.6 is 15.9 Å². The van der Waals surface area contributed by atoms with E-state index in [-0.39, 0.29) is 16.3 Å². The van der Waals surface area contributed by atoms with Crippen molar-refractivity contribution in [2.45, 2.75) is 12.8 Å². The third kappa shape index (κ3) is 3.19. The number of rotatable bonds is 4. The van der Waals surface area contributed by atoms with Gasteiger partial charge in [0.2, 0.25) is 0 Å². The molecular weight excluding hydrogens is 329 g/mol. The lowest BCUT2D eigenvalue weighted by atomic mass is 10.1. The molecule has 0 unspecified atom stereocenters. The maximum atomic E-state index is 13.2. The standard InChI is InChI=1S/C12H13BrFN5O/c1-7(11-15-17-18-16-11)6-19(2)12(20)8-3-4-10(14)9(13)5-8/h3-5,7H,6H2,1-2H3,(H,15,16,17,18)/t7-/m1/s1. The Morgan fingerprint density at radius 3 is 2.90 bits per heavy atom. The molecule has 1 atom stereocenters. The number of hydrogen-bond donors (Lipinski definition) is 1. The molecule has 0 bridgehead atoms. The molecule has 1 aromatic heterocycles. The van der Waals surface area contributed by atoms with Crippen molar-refractivity contribution in [1.29, 1.82) is 0 Å². The Morgan fingerprint density at radius 1 is 1.55 bits per heavy atom. The van der Waals surface area contributed by atoms with Crippen molar-refractivity contribution in [3.05, 3.63) is 39.9 Å². The summed E-state index contributed by atoms with van der Waals surface area (Å²) in [6.45, 7) is 2.34. The predicted octanol–water partition coefficient (Wildman–Crippen LogP) is 1.98. The quantitative estimate of drug-likeness (QED) is 0.922. The number of tetrazole rings is 1. The summed E-state index contributed by atoms with van der Waals surface area (Å²) >= 11 is 3.07. The Balaban J connectivity index is 2.06. The molecule has 0 aliphatic carbocycles. The minimum absolute atomic E-state index is 0.0495. The van der Waals surface area contributed by atoms with Crippen molar-refractivity contribution in [1.82, 2.24) is 25.5 Å². The number of halogens is 2. The number of benzene rings is 1. The van der Waals surface area contributed by atoms with Crippen LogP contribution in [0.1, 0.15) is 29.0 Å². The van der Waals surface area contributed by atoms with Gasteiger partial charge in [0.1, 0.15) is 5.82 Å². The summed E-state index contributed by atoms with van der Waals surface area (Å²) in [5.74, 6) is -0.0954. The fourth-order valence-electron chi connectivity index (χ4n) is 1.80. The van der Waals surface area contributed by atoms with Crippen molar-refractivity contribution >= 4 is 21.8 Å². The number of carbonyl (C=O) groups excluding carboxylic acids is 1. The zero-order valence-electron chi connectivity index (χ0n) is 11.0. The summed E-state index contributed by atoms with van der Waals surface area (Å²) in [4.78, 5) is 13.8. The van der Waals surface area contributed by atoms with E-state index in [1.807, 2.05) is 6.92 Å². The average Bonchev–Trinajstić information content (AvgIpc) is 2.95. The summed E-state index contributed by atoms with van der Waals surface area (Å²) in [5, 5.41) is 13.6. The van der Waals surface area contributed by atoms with Crippen LogP contribution in [-0.4, -0.2) is 45.0 Å². The molecule has 106 valence electrons. The topological polar surface area (TPSA) is 74.8 Å². The third-order valence-corrected chi connectivity index (χ3v) is 3.47. The highest BCUT2D eigenvalue weighted by Gasteiger charge is 2.18. The number of hydrogen-bond acceptors (Lipinski definition) is 4. The van der Waals surface area contributed by atoms with Crippen molar-refractivity contribution in [2.24, 2.45) is 0 Å². The number of aromatic amines is 1. The van der Waals surface area contributed by atoms with Gasteiger partial charge in [0, 0.05) is 25.1 Å². The highest BCUT2D eigenvalue weighted by molar-refractivity contribution is 9.10. The molecule has 1 aromatic carbocycles. The molecule has 8 heteroatoms. The number of aromatic nitrogens is 4. The second kappa shape index (κ2) is 6.08. The molecule has 6 nitrogen and oxygen atoms in total. The molecule has 0 saturated carbocycles. The Morgan fingerprint density at radius 2 is 2.30 bits per heavy atom. The molecule has 0 saturated heterocycles. The third-order valence-electron chi connectivity index (χ3n) is 2.86. The normalized spacial score (nSPS) is 12.2. The Hall–Kier alpha value is -1.83. The van der Waals surface area contributed by atoms with Gasteiger partial charge in [0.25, 0.3) is 5.91 Å². The smallest absolute Gasteiger partial charge is 0.253 e. The van der Waals surface area contributed by atoms with E-state index in [0.29, 0.717) is 17.9 Å². The summed E-state index contributed by atoms with van der Waals surface area (Å²) in [5.41, 5.74) is 0.418. The minimum atomic E-state index is -0.399. The van der Waals surface area contributed by atoms with Gasteiger partial charge in [-0.25, -0.2) is 4.39 Å². The molecule has 1 heterocycles.